The first kappa shape index (κ1) is 20.6. The monoisotopic (exact) mass is 442 g/mol. The lowest BCUT2D eigenvalue weighted by molar-refractivity contribution is -0.137. The molecule has 0 aliphatic carbocycles. The number of aromatic nitrogens is 2. The Kier molecular flexibility index (Phi) is 4.74. The number of fused-ring (bicyclic) bond motifs is 2. The number of anilines is 1. The van der Waals surface area contributed by atoms with E-state index in [9.17, 15) is 18.0 Å². The predicted molar refractivity (Wildman–Crippen MR) is 116 cm³/mol. The molecule has 0 radical (unpaired) electrons. The number of hydrogen-bond acceptors (Lipinski definition) is 5. The van der Waals surface area contributed by atoms with Crippen molar-refractivity contribution < 1.29 is 17.6 Å². The van der Waals surface area contributed by atoms with Gasteiger partial charge >= 0.3 is 11.8 Å². The van der Waals surface area contributed by atoms with Gasteiger partial charge in [-0.2, -0.15) is 13.2 Å². The van der Waals surface area contributed by atoms with Crippen molar-refractivity contribution in [2.45, 2.75) is 32.1 Å². The molecule has 1 saturated heterocycles. The molecule has 1 aromatic carbocycles. The minimum atomic E-state index is -4.46. The summed E-state index contributed by atoms with van der Waals surface area (Å²) in [6, 6.07) is 10.00. The van der Waals surface area contributed by atoms with Crippen molar-refractivity contribution in [1.82, 2.24) is 14.7 Å². The molecular formula is C23H21F3N4O2. The van der Waals surface area contributed by atoms with E-state index in [1.165, 1.54) is 16.8 Å². The lowest BCUT2D eigenvalue weighted by atomic mass is 10.1. The van der Waals surface area contributed by atoms with Crippen LogP contribution in [0.25, 0.3) is 27.9 Å². The molecule has 4 aromatic rings. The molecule has 0 spiro atoms. The van der Waals surface area contributed by atoms with E-state index in [4.69, 9.17) is 4.42 Å². The Morgan fingerprint density at radius 1 is 1.09 bits per heavy atom. The Labute approximate surface area is 181 Å². The Morgan fingerprint density at radius 2 is 1.84 bits per heavy atom. The van der Waals surface area contributed by atoms with Gasteiger partial charge in [0, 0.05) is 54.7 Å². The van der Waals surface area contributed by atoms with Crippen molar-refractivity contribution in [3.63, 3.8) is 0 Å². The van der Waals surface area contributed by atoms with Gasteiger partial charge in [-0.1, -0.05) is 0 Å². The molecule has 0 unspecified atom stereocenters. The average molecular weight is 442 g/mol. The number of nitrogens with one attached hydrogen (secondary N) is 1. The van der Waals surface area contributed by atoms with Crippen molar-refractivity contribution in [2.24, 2.45) is 0 Å². The van der Waals surface area contributed by atoms with Gasteiger partial charge in [0.2, 0.25) is 0 Å². The van der Waals surface area contributed by atoms with E-state index >= 15 is 0 Å². The molecule has 1 N–H and O–H groups in total. The highest BCUT2D eigenvalue weighted by atomic mass is 19.4. The van der Waals surface area contributed by atoms with Gasteiger partial charge in [0.05, 0.1) is 16.8 Å². The smallest absolute Gasteiger partial charge is 0.416 e. The quantitative estimate of drug-likeness (QED) is 0.469. The van der Waals surface area contributed by atoms with Gasteiger partial charge in [-0.3, -0.25) is 0 Å². The number of nitrogens with zero attached hydrogens (tertiary/aromatic N) is 3. The number of benzene rings is 1. The number of imidazole rings is 1. The molecule has 2 atom stereocenters. The number of alkyl halides is 3. The van der Waals surface area contributed by atoms with Gasteiger partial charge in [0.25, 0.3) is 0 Å². The summed E-state index contributed by atoms with van der Waals surface area (Å²) in [5.41, 5.74) is 0.611. The molecule has 0 bridgehead atoms. The summed E-state index contributed by atoms with van der Waals surface area (Å²) in [5.74, 6) is 0. The Bertz CT molecular complexity index is 1370. The van der Waals surface area contributed by atoms with E-state index in [1.807, 2.05) is 18.2 Å². The normalized spacial score (nSPS) is 19.7. The fourth-order valence-corrected chi connectivity index (χ4v) is 4.30. The summed E-state index contributed by atoms with van der Waals surface area (Å²) in [6.45, 7) is 5.95. The van der Waals surface area contributed by atoms with Gasteiger partial charge in [-0.25, -0.2) is 9.78 Å². The summed E-state index contributed by atoms with van der Waals surface area (Å²) in [5, 5.41) is 4.20. The molecule has 9 heteroatoms. The second-order valence-corrected chi connectivity index (χ2v) is 8.35. The average Bonchev–Trinajstić information content (AvgIpc) is 3.14. The Hall–Kier alpha value is -3.33. The van der Waals surface area contributed by atoms with Crippen LogP contribution in [-0.4, -0.2) is 34.6 Å². The van der Waals surface area contributed by atoms with Crippen LogP contribution in [-0.2, 0) is 6.18 Å². The van der Waals surface area contributed by atoms with Crippen LogP contribution >= 0.6 is 0 Å². The maximum atomic E-state index is 13.0. The van der Waals surface area contributed by atoms with Gasteiger partial charge < -0.3 is 19.0 Å². The summed E-state index contributed by atoms with van der Waals surface area (Å²) >= 11 is 0. The van der Waals surface area contributed by atoms with Crippen molar-refractivity contribution in [3.05, 3.63) is 64.8 Å². The predicted octanol–water partition coefficient (Wildman–Crippen LogP) is 4.31. The number of hydrogen-bond donors (Lipinski definition) is 1. The minimum absolute atomic E-state index is 0.103. The van der Waals surface area contributed by atoms with E-state index in [0.29, 0.717) is 23.1 Å². The summed E-state index contributed by atoms with van der Waals surface area (Å²) in [7, 11) is 0. The minimum Gasteiger partial charge on any atom is -0.422 e. The molecule has 5 rings (SSSR count). The Balaban J connectivity index is 1.53. The maximum Gasteiger partial charge on any atom is 0.416 e. The molecule has 166 valence electrons. The molecule has 1 fully saturated rings. The molecule has 0 amide bonds. The van der Waals surface area contributed by atoms with Gasteiger partial charge in [0.15, 0.2) is 0 Å². The molecule has 6 nitrogen and oxygen atoms in total. The molecule has 4 heterocycles. The molecule has 32 heavy (non-hydrogen) atoms. The molecular weight excluding hydrogens is 421 g/mol. The van der Waals surface area contributed by atoms with Crippen LogP contribution in [0.5, 0.6) is 0 Å². The van der Waals surface area contributed by atoms with Crippen molar-refractivity contribution in [1.29, 1.82) is 0 Å². The van der Waals surface area contributed by atoms with Gasteiger partial charge in [-0.05, 0) is 44.2 Å². The van der Waals surface area contributed by atoms with Crippen LogP contribution in [0.2, 0.25) is 0 Å². The van der Waals surface area contributed by atoms with Crippen LogP contribution in [0, 0.1) is 0 Å². The summed E-state index contributed by atoms with van der Waals surface area (Å²) < 4.78 is 46.0. The zero-order valence-electron chi connectivity index (χ0n) is 17.5. The molecule has 0 saturated carbocycles. The lowest BCUT2D eigenvalue weighted by Crippen LogP contribution is -2.54. The molecule has 3 aromatic heterocycles. The highest BCUT2D eigenvalue weighted by Crippen LogP contribution is 2.31. The SMILES string of the molecule is C[C@@H]1CN(c2ccc3cc(-c4cn5ccc(C(F)(F)F)cc5n4)c(=O)oc3c2)C[C@H](C)N1. The first-order valence-corrected chi connectivity index (χ1v) is 10.3. The highest BCUT2D eigenvalue weighted by molar-refractivity contribution is 5.84. The number of halogens is 3. The fraction of sp³-hybridized carbons (Fsp3) is 0.304. The molecule has 1 aliphatic heterocycles. The third kappa shape index (κ3) is 3.73. The van der Waals surface area contributed by atoms with Crippen molar-refractivity contribution in [2.75, 3.05) is 18.0 Å². The van der Waals surface area contributed by atoms with Crippen molar-refractivity contribution in [3.8, 4) is 11.3 Å². The van der Waals surface area contributed by atoms with E-state index in [-0.39, 0.29) is 16.9 Å². The summed E-state index contributed by atoms with van der Waals surface area (Å²) in [4.78, 5) is 19.2. The Morgan fingerprint density at radius 3 is 2.56 bits per heavy atom. The highest BCUT2D eigenvalue weighted by Gasteiger charge is 2.31. The number of rotatable bonds is 2. The number of piperazine rings is 1. The lowest BCUT2D eigenvalue weighted by Gasteiger charge is -2.37. The largest absolute Gasteiger partial charge is 0.422 e. The number of pyridine rings is 1. The standard InChI is InChI=1S/C23H21F3N4O2/c1-13-10-30(11-14(2)27-13)17-4-3-15-7-18(22(31)32-20(15)9-17)19-12-29-6-5-16(23(24,25)26)8-21(29)28-19/h3-9,12-14,27H,10-11H2,1-2H3/t13-,14+. The van der Waals surface area contributed by atoms with Crippen molar-refractivity contribution >= 4 is 22.3 Å². The zero-order valence-corrected chi connectivity index (χ0v) is 17.5. The second-order valence-electron chi connectivity index (χ2n) is 8.35. The topological polar surface area (TPSA) is 62.8 Å². The fourth-order valence-electron chi connectivity index (χ4n) is 4.30. The van der Waals surface area contributed by atoms with Gasteiger partial charge in [-0.15, -0.1) is 0 Å². The second kappa shape index (κ2) is 7.37. The third-order valence-electron chi connectivity index (χ3n) is 5.71. The first-order valence-electron chi connectivity index (χ1n) is 10.3. The van der Waals surface area contributed by atoms with Crippen LogP contribution in [0.4, 0.5) is 18.9 Å². The van der Waals surface area contributed by atoms with Gasteiger partial charge in [0.1, 0.15) is 11.2 Å². The van der Waals surface area contributed by atoms with E-state index < -0.39 is 17.4 Å². The summed E-state index contributed by atoms with van der Waals surface area (Å²) in [6.07, 6.45) is -1.67. The maximum absolute atomic E-state index is 13.0. The van der Waals surface area contributed by atoms with E-state index in [0.717, 1.165) is 30.9 Å². The van der Waals surface area contributed by atoms with Crippen LogP contribution in [0.15, 0.2) is 58.0 Å². The van der Waals surface area contributed by atoms with Crippen LogP contribution in [0.3, 0.4) is 0 Å². The van der Waals surface area contributed by atoms with E-state index in [1.54, 1.807) is 6.07 Å². The third-order valence-corrected chi connectivity index (χ3v) is 5.71. The first-order chi connectivity index (χ1) is 15.2. The zero-order chi connectivity index (χ0) is 22.6. The van der Waals surface area contributed by atoms with E-state index in [2.05, 4.69) is 29.0 Å². The van der Waals surface area contributed by atoms with Crippen LogP contribution < -0.4 is 15.8 Å². The molecule has 1 aliphatic rings. The van der Waals surface area contributed by atoms with Crippen LogP contribution in [0.1, 0.15) is 19.4 Å².